The Balaban J connectivity index is 1.21. The summed E-state index contributed by atoms with van der Waals surface area (Å²) in [6.45, 7) is 4.73. The molecule has 1 aliphatic rings. The van der Waals surface area contributed by atoms with E-state index in [0.717, 1.165) is 0 Å². The molecule has 2 heterocycles. The van der Waals surface area contributed by atoms with E-state index in [9.17, 15) is 0 Å². The van der Waals surface area contributed by atoms with Crippen LogP contribution in [0.3, 0.4) is 0 Å². The summed E-state index contributed by atoms with van der Waals surface area (Å²) in [6, 6.07) is 52.1. The zero-order valence-corrected chi connectivity index (χ0v) is 27.2. The lowest BCUT2D eigenvalue weighted by molar-refractivity contribution is 0.660. The minimum atomic E-state index is -0.0718. The highest BCUT2D eigenvalue weighted by molar-refractivity contribution is 7.26. The molecule has 0 unspecified atom stereocenters. The molecular weight excluding hydrogens is 595 g/mol. The minimum absolute atomic E-state index is 0.0718. The first-order valence-corrected chi connectivity index (χ1v) is 17.5. The van der Waals surface area contributed by atoms with Gasteiger partial charge in [0.2, 0.25) is 0 Å². The Hall–Kier alpha value is -4.96. The lowest BCUT2D eigenvalue weighted by atomic mass is 9.82. The van der Waals surface area contributed by atoms with E-state index in [1.807, 2.05) is 22.7 Å². The monoisotopic (exact) mass is 623 g/mol. The molecule has 2 aromatic heterocycles. The molecule has 218 valence electrons. The van der Waals surface area contributed by atoms with Crippen LogP contribution >= 0.6 is 22.7 Å². The van der Waals surface area contributed by atoms with Crippen LogP contribution in [0.25, 0.3) is 62.2 Å². The minimum Gasteiger partial charge on any atom is -0.310 e. The molecule has 10 rings (SSSR count). The Labute approximate surface area is 275 Å². The molecule has 0 amide bonds. The van der Waals surface area contributed by atoms with E-state index in [0.29, 0.717) is 0 Å². The number of hydrogen-bond acceptors (Lipinski definition) is 3. The van der Waals surface area contributed by atoms with E-state index >= 15 is 0 Å². The summed E-state index contributed by atoms with van der Waals surface area (Å²) >= 11 is 3.76. The van der Waals surface area contributed by atoms with Crippen LogP contribution in [0.2, 0.25) is 0 Å². The Morgan fingerprint density at radius 2 is 1.09 bits per heavy atom. The Morgan fingerprint density at radius 1 is 0.435 bits per heavy atom. The van der Waals surface area contributed by atoms with Gasteiger partial charge in [-0.2, -0.15) is 0 Å². The van der Waals surface area contributed by atoms with Crippen molar-refractivity contribution in [3.05, 3.63) is 151 Å². The highest BCUT2D eigenvalue weighted by Gasteiger charge is 2.35. The summed E-state index contributed by atoms with van der Waals surface area (Å²) in [5, 5.41) is 7.93. The van der Waals surface area contributed by atoms with Gasteiger partial charge in [-0.05, 0) is 87.6 Å². The third kappa shape index (κ3) is 3.67. The first-order chi connectivity index (χ1) is 22.5. The molecule has 1 nitrogen and oxygen atoms in total. The third-order valence-electron chi connectivity index (χ3n) is 10.0. The van der Waals surface area contributed by atoms with Gasteiger partial charge in [0.25, 0.3) is 0 Å². The summed E-state index contributed by atoms with van der Waals surface area (Å²) in [6.07, 6.45) is 0. The van der Waals surface area contributed by atoms with E-state index in [4.69, 9.17) is 0 Å². The number of thiophene rings is 2. The lowest BCUT2D eigenvalue weighted by Gasteiger charge is -2.28. The van der Waals surface area contributed by atoms with Gasteiger partial charge in [-0.15, -0.1) is 22.7 Å². The van der Waals surface area contributed by atoms with Crippen LogP contribution in [0.1, 0.15) is 25.0 Å². The summed E-state index contributed by atoms with van der Waals surface area (Å²) in [4.78, 5) is 2.47. The van der Waals surface area contributed by atoms with Crippen molar-refractivity contribution in [2.24, 2.45) is 0 Å². The zero-order chi connectivity index (χ0) is 30.6. The molecule has 0 fully saturated rings. The first-order valence-electron chi connectivity index (χ1n) is 15.8. The van der Waals surface area contributed by atoms with E-state index in [1.54, 1.807) is 0 Å². The maximum absolute atomic E-state index is 2.47. The first kappa shape index (κ1) is 26.3. The van der Waals surface area contributed by atoms with Crippen LogP contribution in [0.4, 0.5) is 17.1 Å². The van der Waals surface area contributed by atoms with E-state index in [-0.39, 0.29) is 5.41 Å². The van der Waals surface area contributed by atoms with E-state index in [2.05, 4.69) is 158 Å². The molecule has 0 saturated heterocycles. The predicted octanol–water partition coefficient (Wildman–Crippen LogP) is 13.4. The standard InChI is InChI=1S/C43H29NS2/c1-43(2)36-13-7-5-11-31(36)32-19-16-28(24-37(32)43)44(27-18-22-39-35(23-27)33-12-6-8-14-38(33)45-39)29-17-20-34-41(25-29)46-40-21-15-26-9-3-4-10-30(26)42(34)40/h3-25H,1-2H3. The molecule has 0 radical (unpaired) electrons. The largest absolute Gasteiger partial charge is 0.310 e. The van der Waals surface area contributed by atoms with Crippen LogP contribution in [0, 0.1) is 0 Å². The second-order valence-electron chi connectivity index (χ2n) is 13.0. The molecule has 0 saturated carbocycles. The molecule has 0 bridgehead atoms. The molecular formula is C43H29NS2. The van der Waals surface area contributed by atoms with Crippen molar-refractivity contribution in [2.45, 2.75) is 19.3 Å². The van der Waals surface area contributed by atoms with Gasteiger partial charge in [0.05, 0.1) is 0 Å². The van der Waals surface area contributed by atoms with Crippen LogP contribution < -0.4 is 4.90 Å². The van der Waals surface area contributed by atoms with Crippen molar-refractivity contribution >= 4 is 90.9 Å². The quantitative estimate of drug-likeness (QED) is 0.189. The molecule has 7 aromatic carbocycles. The fraction of sp³-hybridized carbons (Fsp3) is 0.0698. The maximum Gasteiger partial charge on any atom is 0.0476 e. The third-order valence-corrected chi connectivity index (χ3v) is 12.3. The number of nitrogens with zero attached hydrogens (tertiary/aromatic N) is 1. The number of anilines is 3. The van der Waals surface area contributed by atoms with Crippen LogP contribution in [0.15, 0.2) is 140 Å². The zero-order valence-electron chi connectivity index (χ0n) is 25.5. The fourth-order valence-electron chi connectivity index (χ4n) is 7.81. The molecule has 46 heavy (non-hydrogen) atoms. The predicted molar refractivity (Wildman–Crippen MR) is 202 cm³/mol. The van der Waals surface area contributed by atoms with Crippen molar-refractivity contribution in [1.29, 1.82) is 0 Å². The van der Waals surface area contributed by atoms with Gasteiger partial charge >= 0.3 is 0 Å². The molecule has 0 atom stereocenters. The Bertz CT molecular complexity index is 2690. The van der Waals surface area contributed by atoms with Crippen molar-refractivity contribution in [2.75, 3.05) is 4.90 Å². The van der Waals surface area contributed by atoms with Gasteiger partial charge in [0.1, 0.15) is 0 Å². The van der Waals surface area contributed by atoms with Crippen molar-refractivity contribution in [3.63, 3.8) is 0 Å². The van der Waals surface area contributed by atoms with Gasteiger partial charge < -0.3 is 4.90 Å². The van der Waals surface area contributed by atoms with E-state index < -0.39 is 0 Å². The topological polar surface area (TPSA) is 3.24 Å². The molecule has 0 N–H and O–H groups in total. The summed E-state index contributed by atoms with van der Waals surface area (Å²) in [7, 11) is 0. The van der Waals surface area contributed by atoms with E-state index in [1.165, 1.54) is 90.4 Å². The number of fused-ring (bicyclic) bond motifs is 11. The van der Waals surface area contributed by atoms with Crippen LogP contribution in [-0.4, -0.2) is 0 Å². The van der Waals surface area contributed by atoms with Crippen molar-refractivity contribution in [1.82, 2.24) is 0 Å². The summed E-state index contributed by atoms with van der Waals surface area (Å²) in [5.41, 5.74) is 8.94. The molecule has 1 aliphatic carbocycles. The molecule has 9 aromatic rings. The smallest absolute Gasteiger partial charge is 0.0476 e. The van der Waals surface area contributed by atoms with Gasteiger partial charge in [-0.3, -0.25) is 0 Å². The number of hydrogen-bond donors (Lipinski definition) is 0. The highest BCUT2D eigenvalue weighted by atomic mass is 32.1. The molecule has 0 spiro atoms. The number of rotatable bonds is 3. The summed E-state index contributed by atoms with van der Waals surface area (Å²) in [5.74, 6) is 0. The molecule has 3 heteroatoms. The highest BCUT2D eigenvalue weighted by Crippen LogP contribution is 2.51. The second-order valence-corrected chi connectivity index (χ2v) is 15.1. The SMILES string of the molecule is CC1(C)c2ccccc2-c2ccc(N(c3ccc4c(c3)sc3ccc5ccccc5c34)c3ccc4sc5ccccc5c4c3)cc21. The normalized spacial score (nSPS) is 13.6. The van der Waals surface area contributed by atoms with Gasteiger partial charge in [-0.1, -0.05) is 98.8 Å². The Kier molecular flexibility index (Phi) is 5.44. The van der Waals surface area contributed by atoms with Crippen LogP contribution in [0.5, 0.6) is 0 Å². The molecule has 0 aliphatic heterocycles. The van der Waals surface area contributed by atoms with Crippen LogP contribution in [-0.2, 0) is 5.41 Å². The lowest BCUT2D eigenvalue weighted by Crippen LogP contribution is -2.16. The maximum atomic E-state index is 2.47. The van der Waals surface area contributed by atoms with Gasteiger partial charge in [0, 0.05) is 62.8 Å². The van der Waals surface area contributed by atoms with Crippen molar-refractivity contribution in [3.8, 4) is 11.1 Å². The fourth-order valence-corrected chi connectivity index (χ4v) is 10.0. The Morgan fingerprint density at radius 3 is 2.02 bits per heavy atom. The average Bonchev–Trinajstić information content (AvgIpc) is 3.73. The van der Waals surface area contributed by atoms with Gasteiger partial charge in [-0.25, -0.2) is 0 Å². The van der Waals surface area contributed by atoms with Crippen molar-refractivity contribution < 1.29 is 0 Å². The average molecular weight is 624 g/mol. The second kappa shape index (κ2) is 9.53. The summed E-state index contributed by atoms with van der Waals surface area (Å²) < 4.78 is 5.30. The van der Waals surface area contributed by atoms with Gasteiger partial charge in [0.15, 0.2) is 0 Å². The number of benzene rings is 7.